The van der Waals surface area contributed by atoms with Crippen LogP contribution in [0.4, 0.5) is 11.4 Å². The fourth-order valence-corrected chi connectivity index (χ4v) is 3.51. The molecule has 2 aromatic rings. The first-order valence-corrected chi connectivity index (χ1v) is 8.68. The fraction of sp³-hybridized carbons (Fsp3) is 0.300. The summed E-state index contributed by atoms with van der Waals surface area (Å²) in [6, 6.07) is 16.0. The SMILES string of the molecule is O=C1Cc2cc(N3CCN(C(=O)Cc4ccccc4)CC3)ccc2N1. The second kappa shape index (κ2) is 6.59. The Hall–Kier alpha value is -2.82. The minimum Gasteiger partial charge on any atom is -0.368 e. The number of piperazine rings is 1. The van der Waals surface area contributed by atoms with Gasteiger partial charge in [0.15, 0.2) is 0 Å². The molecule has 2 amide bonds. The van der Waals surface area contributed by atoms with Crippen LogP contribution in [0, 0.1) is 0 Å². The van der Waals surface area contributed by atoms with E-state index in [0.29, 0.717) is 12.8 Å². The summed E-state index contributed by atoms with van der Waals surface area (Å²) in [4.78, 5) is 28.2. The molecule has 0 spiro atoms. The van der Waals surface area contributed by atoms with Crippen LogP contribution < -0.4 is 10.2 Å². The van der Waals surface area contributed by atoms with Gasteiger partial charge >= 0.3 is 0 Å². The van der Waals surface area contributed by atoms with Gasteiger partial charge in [-0.15, -0.1) is 0 Å². The highest BCUT2D eigenvalue weighted by atomic mass is 16.2. The zero-order chi connectivity index (χ0) is 17.2. The summed E-state index contributed by atoms with van der Waals surface area (Å²) in [5, 5.41) is 2.86. The Labute approximate surface area is 147 Å². The average Bonchev–Trinajstić information content (AvgIpc) is 3.02. The molecule has 2 aromatic carbocycles. The predicted octanol–water partition coefficient (Wildman–Crippen LogP) is 2.07. The van der Waals surface area contributed by atoms with E-state index in [9.17, 15) is 9.59 Å². The van der Waals surface area contributed by atoms with E-state index in [2.05, 4.69) is 16.3 Å². The van der Waals surface area contributed by atoms with Gasteiger partial charge in [-0.05, 0) is 29.3 Å². The minimum atomic E-state index is 0.0588. The highest BCUT2D eigenvalue weighted by molar-refractivity contribution is 5.99. The number of nitrogens with one attached hydrogen (secondary N) is 1. The predicted molar refractivity (Wildman–Crippen MR) is 97.7 cm³/mol. The van der Waals surface area contributed by atoms with Crippen molar-refractivity contribution in [3.05, 3.63) is 59.7 Å². The first-order valence-electron chi connectivity index (χ1n) is 8.68. The number of hydrogen-bond donors (Lipinski definition) is 1. The molecule has 0 aromatic heterocycles. The maximum Gasteiger partial charge on any atom is 0.228 e. The Bertz CT molecular complexity index is 796. The zero-order valence-electron chi connectivity index (χ0n) is 14.1. The lowest BCUT2D eigenvalue weighted by Crippen LogP contribution is -2.49. The second-order valence-electron chi connectivity index (χ2n) is 6.60. The Kier molecular flexibility index (Phi) is 4.14. The van der Waals surface area contributed by atoms with Gasteiger partial charge in [0.1, 0.15) is 0 Å². The summed E-state index contributed by atoms with van der Waals surface area (Å²) in [6.45, 7) is 3.11. The van der Waals surface area contributed by atoms with Crippen molar-refractivity contribution < 1.29 is 9.59 Å². The number of nitrogens with zero attached hydrogens (tertiary/aromatic N) is 2. The highest BCUT2D eigenvalue weighted by Crippen LogP contribution is 2.28. The standard InChI is InChI=1S/C20H21N3O2/c24-19-14-16-13-17(6-7-18(16)21-19)22-8-10-23(11-9-22)20(25)12-15-4-2-1-3-5-15/h1-7,13H,8-12,14H2,(H,21,24). The monoisotopic (exact) mass is 335 g/mol. The summed E-state index contributed by atoms with van der Waals surface area (Å²) in [5.74, 6) is 0.248. The van der Waals surface area contributed by atoms with Crippen molar-refractivity contribution in [1.82, 2.24) is 4.90 Å². The molecule has 0 unspecified atom stereocenters. The van der Waals surface area contributed by atoms with Gasteiger partial charge in [-0.2, -0.15) is 0 Å². The maximum atomic E-state index is 12.5. The third-order valence-corrected chi connectivity index (χ3v) is 4.91. The van der Waals surface area contributed by atoms with Crippen LogP contribution in [0.2, 0.25) is 0 Å². The number of fused-ring (bicyclic) bond motifs is 1. The molecule has 0 atom stereocenters. The lowest BCUT2D eigenvalue weighted by molar-refractivity contribution is -0.130. The third kappa shape index (κ3) is 3.36. The topological polar surface area (TPSA) is 52.7 Å². The van der Waals surface area contributed by atoms with Gasteiger partial charge in [-0.25, -0.2) is 0 Å². The van der Waals surface area contributed by atoms with Gasteiger partial charge in [0.05, 0.1) is 12.8 Å². The van der Waals surface area contributed by atoms with Gasteiger partial charge in [0, 0.05) is 37.6 Å². The molecule has 0 bridgehead atoms. The van der Waals surface area contributed by atoms with E-state index in [1.807, 2.05) is 47.4 Å². The lowest BCUT2D eigenvalue weighted by atomic mass is 10.1. The molecule has 0 radical (unpaired) electrons. The molecule has 1 fully saturated rings. The van der Waals surface area contributed by atoms with Crippen LogP contribution in [0.25, 0.3) is 0 Å². The molecule has 2 aliphatic heterocycles. The lowest BCUT2D eigenvalue weighted by Gasteiger charge is -2.36. The molecule has 25 heavy (non-hydrogen) atoms. The maximum absolute atomic E-state index is 12.5. The Balaban J connectivity index is 1.36. The Morgan fingerprint density at radius 3 is 2.52 bits per heavy atom. The van der Waals surface area contributed by atoms with Crippen molar-refractivity contribution in [2.45, 2.75) is 12.8 Å². The molecule has 1 N–H and O–H groups in total. The smallest absolute Gasteiger partial charge is 0.228 e. The highest BCUT2D eigenvalue weighted by Gasteiger charge is 2.23. The molecule has 128 valence electrons. The van der Waals surface area contributed by atoms with E-state index in [1.54, 1.807) is 0 Å². The molecule has 2 aliphatic rings. The first kappa shape index (κ1) is 15.7. The minimum absolute atomic E-state index is 0.0588. The van der Waals surface area contributed by atoms with E-state index in [1.165, 1.54) is 0 Å². The number of benzene rings is 2. The Morgan fingerprint density at radius 2 is 1.76 bits per heavy atom. The number of carbonyl (C=O) groups excluding carboxylic acids is 2. The van der Waals surface area contributed by atoms with Gasteiger partial charge < -0.3 is 15.1 Å². The molecule has 5 heteroatoms. The van der Waals surface area contributed by atoms with Gasteiger partial charge in [0.25, 0.3) is 0 Å². The van der Waals surface area contributed by atoms with E-state index in [4.69, 9.17) is 0 Å². The van der Waals surface area contributed by atoms with E-state index in [0.717, 1.165) is 48.7 Å². The Morgan fingerprint density at radius 1 is 1.00 bits per heavy atom. The van der Waals surface area contributed by atoms with Crippen molar-refractivity contribution in [2.24, 2.45) is 0 Å². The quantitative estimate of drug-likeness (QED) is 0.934. The molecule has 4 rings (SSSR count). The van der Waals surface area contributed by atoms with E-state index < -0.39 is 0 Å². The normalized spacial score (nSPS) is 16.6. The van der Waals surface area contributed by atoms with E-state index >= 15 is 0 Å². The summed E-state index contributed by atoms with van der Waals surface area (Å²) < 4.78 is 0. The van der Waals surface area contributed by atoms with Gasteiger partial charge in [-0.3, -0.25) is 9.59 Å². The van der Waals surface area contributed by atoms with Crippen LogP contribution in [0.1, 0.15) is 11.1 Å². The molecular formula is C20H21N3O2. The van der Waals surface area contributed by atoms with Crippen LogP contribution in [-0.2, 0) is 22.4 Å². The van der Waals surface area contributed by atoms with Gasteiger partial charge in [0.2, 0.25) is 11.8 Å². The number of carbonyl (C=O) groups is 2. The average molecular weight is 335 g/mol. The van der Waals surface area contributed by atoms with E-state index in [-0.39, 0.29) is 11.8 Å². The van der Waals surface area contributed by atoms with Crippen LogP contribution in [0.15, 0.2) is 48.5 Å². The zero-order valence-corrected chi connectivity index (χ0v) is 14.1. The van der Waals surface area contributed by atoms with Crippen molar-refractivity contribution in [3.8, 4) is 0 Å². The van der Waals surface area contributed by atoms with Crippen LogP contribution in [0.3, 0.4) is 0 Å². The molecule has 0 saturated carbocycles. The summed E-state index contributed by atoms with van der Waals surface area (Å²) in [5.41, 5.74) is 4.17. The van der Waals surface area contributed by atoms with Crippen molar-refractivity contribution >= 4 is 23.2 Å². The number of rotatable bonds is 3. The van der Waals surface area contributed by atoms with Gasteiger partial charge in [-0.1, -0.05) is 30.3 Å². The van der Waals surface area contributed by atoms with Crippen LogP contribution >= 0.6 is 0 Å². The fourth-order valence-electron chi connectivity index (χ4n) is 3.51. The summed E-state index contributed by atoms with van der Waals surface area (Å²) in [6.07, 6.45) is 0.923. The van der Waals surface area contributed by atoms with Crippen LogP contribution in [0.5, 0.6) is 0 Å². The molecular weight excluding hydrogens is 314 g/mol. The summed E-state index contributed by atoms with van der Waals surface area (Å²) >= 11 is 0. The molecule has 5 nitrogen and oxygen atoms in total. The number of amides is 2. The molecule has 0 aliphatic carbocycles. The second-order valence-corrected chi connectivity index (χ2v) is 6.60. The van der Waals surface area contributed by atoms with Crippen molar-refractivity contribution in [3.63, 3.8) is 0 Å². The largest absolute Gasteiger partial charge is 0.368 e. The van der Waals surface area contributed by atoms with Crippen molar-refractivity contribution in [2.75, 3.05) is 36.4 Å². The first-order chi connectivity index (χ1) is 12.2. The number of hydrogen-bond acceptors (Lipinski definition) is 3. The number of anilines is 2. The van der Waals surface area contributed by atoms with Crippen LogP contribution in [-0.4, -0.2) is 42.9 Å². The summed E-state index contributed by atoms with van der Waals surface area (Å²) in [7, 11) is 0. The van der Waals surface area contributed by atoms with Crippen molar-refractivity contribution in [1.29, 1.82) is 0 Å². The molecule has 2 heterocycles. The molecule has 1 saturated heterocycles. The third-order valence-electron chi connectivity index (χ3n) is 4.91.